The molecule has 1 aliphatic rings. The summed E-state index contributed by atoms with van der Waals surface area (Å²) in [5, 5.41) is 12.4. The number of aliphatic imine (C=N–C) groups is 2. The van der Waals surface area contributed by atoms with Crippen molar-refractivity contribution in [1.29, 1.82) is 0 Å². The SMILES string of the molecule is c1ccc2c(c1)cc(C1=NC(c3cccc4oc5ccccc5c34)NC(c3cccc4oc5cnccc5c34)=N1)c1ccccc12. The summed E-state index contributed by atoms with van der Waals surface area (Å²) in [6.07, 6.45) is 3.12. The van der Waals surface area contributed by atoms with Gasteiger partial charge < -0.3 is 14.2 Å². The molecule has 1 aliphatic heterocycles. The minimum Gasteiger partial charge on any atom is -0.456 e. The molecule has 46 heavy (non-hydrogen) atoms. The van der Waals surface area contributed by atoms with Crippen LogP contribution < -0.4 is 5.32 Å². The molecule has 0 spiro atoms. The Morgan fingerprint density at radius 1 is 0.543 bits per heavy atom. The number of nitrogens with one attached hydrogen (secondary N) is 1. The molecule has 0 radical (unpaired) electrons. The normalized spacial score (nSPS) is 15.2. The maximum atomic E-state index is 6.28. The molecule has 1 atom stereocenters. The highest BCUT2D eigenvalue weighted by Crippen LogP contribution is 2.38. The molecule has 6 aromatic carbocycles. The van der Waals surface area contributed by atoms with Crippen LogP contribution in [-0.2, 0) is 0 Å². The summed E-state index contributed by atoms with van der Waals surface area (Å²) >= 11 is 0. The first-order chi connectivity index (χ1) is 22.8. The number of hydrogen-bond donors (Lipinski definition) is 1. The molecule has 6 nitrogen and oxygen atoms in total. The first kappa shape index (κ1) is 25.1. The first-order valence-electron chi connectivity index (χ1n) is 15.3. The lowest BCUT2D eigenvalue weighted by molar-refractivity contribution is 0.662. The third kappa shape index (κ3) is 3.67. The molecule has 0 bridgehead atoms. The highest BCUT2D eigenvalue weighted by Gasteiger charge is 2.27. The van der Waals surface area contributed by atoms with Gasteiger partial charge in [0.05, 0.1) is 6.20 Å². The third-order valence-electron chi connectivity index (χ3n) is 9.04. The number of furan rings is 2. The first-order valence-corrected chi connectivity index (χ1v) is 15.3. The number of amidine groups is 2. The predicted molar refractivity (Wildman–Crippen MR) is 186 cm³/mol. The Hall–Kier alpha value is -6.27. The molecular weight excluding hydrogens is 568 g/mol. The largest absolute Gasteiger partial charge is 0.456 e. The fourth-order valence-corrected chi connectivity index (χ4v) is 7.01. The summed E-state index contributed by atoms with van der Waals surface area (Å²) in [4.78, 5) is 14.9. The summed E-state index contributed by atoms with van der Waals surface area (Å²) in [6.45, 7) is 0. The number of para-hydroxylation sites is 1. The summed E-state index contributed by atoms with van der Waals surface area (Å²) < 4.78 is 12.5. The van der Waals surface area contributed by atoms with Crippen molar-refractivity contribution < 1.29 is 8.83 Å². The molecule has 4 heterocycles. The van der Waals surface area contributed by atoms with E-state index < -0.39 is 6.17 Å². The average Bonchev–Trinajstić information content (AvgIpc) is 3.70. The topological polar surface area (TPSA) is 75.9 Å². The van der Waals surface area contributed by atoms with E-state index in [-0.39, 0.29) is 0 Å². The number of rotatable bonds is 3. The lowest BCUT2D eigenvalue weighted by Gasteiger charge is -2.25. The second-order valence-electron chi connectivity index (χ2n) is 11.6. The average molecular weight is 593 g/mol. The van der Waals surface area contributed by atoms with Crippen molar-refractivity contribution in [1.82, 2.24) is 10.3 Å². The van der Waals surface area contributed by atoms with Crippen molar-refractivity contribution in [3.05, 3.63) is 150 Å². The van der Waals surface area contributed by atoms with Gasteiger partial charge in [0, 0.05) is 44.4 Å². The Balaban J connectivity index is 1.27. The van der Waals surface area contributed by atoms with E-state index in [1.165, 1.54) is 10.8 Å². The highest BCUT2D eigenvalue weighted by atomic mass is 16.3. The molecule has 1 unspecified atom stereocenters. The van der Waals surface area contributed by atoms with Crippen molar-refractivity contribution in [2.45, 2.75) is 6.17 Å². The van der Waals surface area contributed by atoms with Gasteiger partial charge in [-0.25, -0.2) is 9.98 Å². The van der Waals surface area contributed by atoms with Crippen LogP contribution in [0.1, 0.15) is 22.9 Å². The van der Waals surface area contributed by atoms with E-state index in [0.29, 0.717) is 5.84 Å². The van der Waals surface area contributed by atoms with Crippen LogP contribution >= 0.6 is 0 Å². The van der Waals surface area contributed by atoms with Crippen LogP contribution in [0, 0.1) is 0 Å². The van der Waals surface area contributed by atoms with Crippen LogP contribution in [0.25, 0.3) is 65.4 Å². The zero-order valence-corrected chi connectivity index (χ0v) is 24.4. The smallest absolute Gasteiger partial charge is 0.160 e. The van der Waals surface area contributed by atoms with Gasteiger partial charge in [0.1, 0.15) is 28.8 Å². The molecule has 6 heteroatoms. The van der Waals surface area contributed by atoms with E-state index in [0.717, 1.165) is 77.2 Å². The van der Waals surface area contributed by atoms with Crippen LogP contribution in [0.4, 0.5) is 0 Å². The number of pyridine rings is 1. The fourth-order valence-electron chi connectivity index (χ4n) is 7.01. The van der Waals surface area contributed by atoms with Crippen molar-refractivity contribution >= 4 is 77.1 Å². The molecule has 9 aromatic rings. The zero-order chi connectivity index (χ0) is 30.2. The summed E-state index contributed by atoms with van der Waals surface area (Å²) in [6, 6.07) is 41.6. The Labute approximate surface area is 262 Å². The molecule has 0 aliphatic carbocycles. The van der Waals surface area contributed by atoms with E-state index in [9.17, 15) is 0 Å². The second kappa shape index (κ2) is 9.61. The van der Waals surface area contributed by atoms with E-state index in [2.05, 4.69) is 83.1 Å². The van der Waals surface area contributed by atoms with Gasteiger partial charge in [-0.2, -0.15) is 0 Å². The number of hydrogen-bond acceptors (Lipinski definition) is 6. The van der Waals surface area contributed by atoms with Crippen molar-refractivity contribution in [2.24, 2.45) is 9.98 Å². The number of nitrogens with zero attached hydrogens (tertiary/aromatic N) is 3. The van der Waals surface area contributed by atoms with Gasteiger partial charge in [-0.15, -0.1) is 0 Å². The van der Waals surface area contributed by atoms with Gasteiger partial charge in [-0.05, 0) is 51.9 Å². The standard InChI is InChI=1S/C40H24N4O2/c1-2-10-24-23(9-1)21-31(26-12-4-3-11-25(24)26)40-43-38(29-14-7-17-33-36(29)27-13-5-6-16-32(27)45-33)42-39(44-40)30-15-8-18-34-37(30)28-19-20-41-22-35(28)46-34/h1-22,38H,(H,42,43,44). The maximum Gasteiger partial charge on any atom is 0.160 e. The maximum absolute atomic E-state index is 6.28. The van der Waals surface area contributed by atoms with E-state index in [1.54, 1.807) is 12.4 Å². The van der Waals surface area contributed by atoms with E-state index >= 15 is 0 Å². The molecule has 1 N–H and O–H groups in total. The second-order valence-corrected chi connectivity index (χ2v) is 11.6. The lowest BCUT2D eigenvalue weighted by atomic mass is 9.96. The minimum atomic E-state index is -0.437. The molecule has 0 fully saturated rings. The van der Waals surface area contributed by atoms with Crippen molar-refractivity contribution in [3.8, 4) is 0 Å². The van der Waals surface area contributed by atoms with Gasteiger partial charge in [0.25, 0.3) is 0 Å². The van der Waals surface area contributed by atoms with Crippen LogP contribution in [-0.4, -0.2) is 16.7 Å². The van der Waals surface area contributed by atoms with Crippen molar-refractivity contribution in [3.63, 3.8) is 0 Å². The Bertz CT molecular complexity index is 2750. The number of benzene rings is 6. The van der Waals surface area contributed by atoms with Crippen molar-refractivity contribution in [2.75, 3.05) is 0 Å². The van der Waals surface area contributed by atoms with Crippen LogP contribution in [0.2, 0.25) is 0 Å². The summed E-state index contributed by atoms with van der Waals surface area (Å²) in [5.41, 5.74) is 6.14. The van der Waals surface area contributed by atoms with Gasteiger partial charge in [-0.1, -0.05) is 91.0 Å². The van der Waals surface area contributed by atoms with Gasteiger partial charge in [0.2, 0.25) is 0 Å². The lowest BCUT2D eigenvalue weighted by Crippen LogP contribution is -2.33. The molecular formula is C40H24N4O2. The van der Waals surface area contributed by atoms with E-state index in [4.69, 9.17) is 18.8 Å². The Morgan fingerprint density at radius 2 is 1.24 bits per heavy atom. The quantitative estimate of drug-likeness (QED) is 0.207. The van der Waals surface area contributed by atoms with Crippen LogP contribution in [0.3, 0.4) is 0 Å². The predicted octanol–water partition coefficient (Wildman–Crippen LogP) is 9.68. The monoisotopic (exact) mass is 592 g/mol. The van der Waals surface area contributed by atoms with E-state index in [1.807, 2.05) is 48.5 Å². The fraction of sp³-hybridized carbons (Fsp3) is 0.0250. The molecule has 3 aromatic heterocycles. The Morgan fingerprint density at radius 3 is 2.15 bits per heavy atom. The molecule has 0 saturated heterocycles. The Kier molecular flexibility index (Phi) is 5.25. The summed E-state index contributed by atoms with van der Waals surface area (Å²) in [7, 11) is 0. The highest BCUT2D eigenvalue weighted by molar-refractivity contribution is 6.25. The number of aromatic nitrogens is 1. The van der Waals surface area contributed by atoms with Gasteiger partial charge in [0.15, 0.2) is 11.4 Å². The molecule has 0 amide bonds. The summed E-state index contributed by atoms with van der Waals surface area (Å²) in [5.74, 6) is 1.39. The number of fused-ring (bicyclic) bond motifs is 9. The van der Waals surface area contributed by atoms with Gasteiger partial charge in [-0.3, -0.25) is 4.98 Å². The minimum absolute atomic E-state index is 0.437. The molecule has 10 rings (SSSR count). The van der Waals surface area contributed by atoms with Crippen LogP contribution in [0.5, 0.6) is 0 Å². The molecule has 216 valence electrons. The third-order valence-corrected chi connectivity index (χ3v) is 9.04. The molecule has 0 saturated carbocycles. The van der Waals surface area contributed by atoms with Gasteiger partial charge >= 0.3 is 0 Å². The zero-order valence-electron chi connectivity index (χ0n) is 24.4. The van der Waals surface area contributed by atoms with Crippen LogP contribution in [0.15, 0.2) is 153 Å².